The van der Waals surface area contributed by atoms with E-state index in [1.165, 1.54) is 17.0 Å². The van der Waals surface area contributed by atoms with Gasteiger partial charge in [0.1, 0.15) is 24.1 Å². The maximum absolute atomic E-state index is 14.1. The lowest BCUT2D eigenvalue weighted by Gasteiger charge is -2.33. The summed E-state index contributed by atoms with van der Waals surface area (Å²) in [6, 6.07) is 30.7. The molecule has 4 rings (SSSR count). The minimum atomic E-state index is -4.15. The first-order chi connectivity index (χ1) is 20.7. The Morgan fingerprint density at radius 1 is 0.791 bits per heavy atom. The molecule has 4 aromatic rings. The van der Waals surface area contributed by atoms with Gasteiger partial charge >= 0.3 is 0 Å². The minimum absolute atomic E-state index is 0.0493. The van der Waals surface area contributed by atoms with Crippen molar-refractivity contribution in [2.24, 2.45) is 0 Å². The van der Waals surface area contributed by atoms with Gasteiger partial charge in [-0.25, -0.2) is 8.42 Å². The van der Waals surface area contributed by atoms with Gasteiger partial charge in [0.2, 0.25) is 11.8 Å². The fourth-order valence-corrected chi connectivity index (χ4v) is 6.09. The smallest absolute Gasteiger partial charge is 0.264 e. The van der Waals surface area contributed by atoms with Crippen LogP contribution in [0.3, 0.4) is 0 Å². The summed E-state index contributed by atoms with van der Waals surface area (Å²) >= 11 is 0. The number of carbonyl (C=O) groups is 2. The van der Waals surface area contributed by atoms with E-state index in [0.717, 1.165) is 15.4 Å². The van der Waals surface area contributed by atoms with Crippen molar-refractivity contribution >= 4 is 27.5 Å². The second-order valence-corrected chi connectivity index (χ2v) is 11.9. The molecule has 0 aliphatic carbocycles. The Balaban J connectivity index is 1.70. The Hall–Kier alpha value is -4.63. The number of hydrogen-bond donors (Lipinski definition) is 1. The number of likely N-dealkylation sites (N-methyl/N-ethyl adjacent to an activating group) is 1. The summed E-state index contributed by atoms with van der Waals surface area (Å²) < 4.78 is 34.9. The van der Waals surface area contributed by atoms with Crippen LogP contribution in [0.2, 0.25) is 0 Å². The van der Waals surface area contributed by atoms with Crippen molar-refractivity contribution in [2.75, 3.05) is 17.4 Å². The van der Waals surface area contributed by atoms with Crippen molar-refractivity contribution in [3.63, 3.8) is 0 Å². The number of sulfonamides is 1. The highest BCUT2D eigenvalue weighted by molar-refractivity contribution is 7.92. The lowest BCUT2D eigenvalue weighted by molar-refractivity contribution is -0.140. The topological polar surface area (TPSA) is 96.0 Å². The van der Waals surface area contributed by atoms with Crippen molar-refractivity contribution in [3.8, 4) is 11.5 Å². The molecule has 1 atom stereocenters. The number of amides is 2. The Kier molecular flexibility index (Phi) is 10.6. The molecule has 0 spiro atoms. The lowest BCUT2D eigenvalue weighted by Crippen LogP contribution is -2.52. The number of rotatable bonds is 13. The van der Waals surface area contributed by atoms with Crippen molar-refractivity contribution in [3.05, 3.63) is 120 Å². The van der Waals surface area contributed by atoms with Crippen LogP contribution in [0.5, 0.6) is 11.5 Å². The van der Waals surface area contributed by atoms with Crippen molar-refractivity contribution < 1.29 is 22.7 Å². The first-order valence-corrected chi connectivity index (χ1v) is 15.7. The van der Waals surface area contributed by atoms with Gasteiger partial charge < -0.3 is 15.0 Å². The first-order valence-electron chi connectivity index (χ1n) is 14.3. The van der Waals surface area contributed by atoms with Gasteiger partial charge in [0.05, 0.1) is 10.6 Å². The third kappa shape index (κ3) is 8.02. The Morgan fingerprint density at radius 3 is 1.95 bits per heavy atom. The molecule has 0 unspecified atom stereocenters. The largest absolute Gasteiger partial charge is 0.457 e. The number of nitrogens with one attached hydrogen (secondary N) is 1. The molecule has 0 aliphatic heterocycles. The van der Waals surface area contributed by atoms with Gasteiger partial charge in [-0.1, -0.05) is 73.2 Å². The van der Waals surface area contributed by atoms with Crippen LogP contribution in [0.15, 0.2) is 114 Å². The number of aryl methyl sites for hydroxylation is 1. The standard InChI is InChI=1S/C34H37N3O5S/c1-4-32(34(39)35-5-2)36(24-27-18-16-26(3)17-19-27)33(38)25-37(43(40,41)31-14-10-7-11-15-31)28-20-22-30(23-21-28)42-29-12-8-6-9-13-29/h6-23,32H,4-5,24-25H2,1-3H3,(H,35,39)/t32-/m0/s1. The zero-order valence-corrected chi connectivity index (χ0v) is 25.5. The summed E-state index contributed by atoms with van der Waals surface area (Å²) in [7, 11) is -4.15. The molecule has 0 heterocycles. The van der Waals surface area contributed by atoms with Crippen LogP contribution in [0.1, 0.15) is 31.4 Å². The van der Waals surface area contributed by atoms with E-state index in [1.807, 2.05) is 75.4 Å². The van der Waals surface area contributed by atoms with Crippen LogP contribution >= 0.6 is 0 Å². The zero-order chi connectivity index (χ0) is 30.8. The number of para-hydroxylation sites is 1. The maximum Gasteiger partial charge on any atom is 0.264 e. The molecule has 0 saturated heterocycles. The molecule has 4 aromatic carbocycles. The van der Waals surface area contributed by atoms with Crippen LogP contribution in [-0.2, 0) is 26.2 Å². The average Bonchev–Trinajstić information content (AvgIpc) is 3.02. The van der Waals surface area contributed by atoms with E-state index < -0.39 is 28.5 Å². The zero-order valence-electron chi connectivity index (χ0n) is 24.6. The molecule has 0 fully saturated rings. The van der Waals surface area contributed by atoms with Gasteiger partial charge in [-0.15, -0.1) is 0 Å². The predicted molar refractivity (Wildman–Crippen MR) is 168 cm³/mol. The normalized spacial score (nSPS) is 11.8. The highest BCUT2D eigenvalue weighted by Gasteiger charge is 2.33. The monoisotopic (exact) mass is 599 g/mol. The summed E-state index contributed by atoms with van der Waals surface area (Å²) in [4.78, 5) is 28.7. The van der Waals surface area contributed by atoms with E-state index in [4.69, 9.17) is 4.74 Å². The number of hydrogen-bond acceptors (Lipinski definition) is 5. The summed E-state index contributed by atoms with van der Waals surface area (Å²) in [5.41, 5.74) is 2.19. The van der Waals surface area contributed by atoms with Gasteiger partial charge in [0.25, 0.3) is 10.0 Å². The van der Waals surface area contributed by atoms with Crippen LogP contribution < -0.4 is 14.4 Å². The molecule has 1 N–H and O–H groups in total. The van der Waals surface area contributed by atoms with Crippen LogP contribution in [0.4, 0.5) is 5.69 Å². The number of carbonyl (C=O) groups excluding carboxylic acids is 2. The highest BCUT2D eigenvalue weighted by atomic mass is 32.2. The van der Waals surface area contributed by atoms with Crippen LogP contribution in [-0.4, -0.2) is 44.3 Å². The highest BCUT2D eigenvalue weighted by Crippen LogP contribution is 2.28. The molecule has 0 saturated carbocycles. The molecule has 9 heteroatoms. The molecular formula is C34H37N3O5S. The minimum Gasteiger partial charge on any atom is -0.457 e. The van der Waals surface area contributed by atoms with E-state index in [1.54, 1.807) is 42.5 Å². The van der Waals surface area contributed by atoms with Crippen LogP contribution in [0.25, 0.3) is 0 Å². The first kappa shape index (κ1) is 31.3. The van der Waals surface area contributed by atoms with E-state index in [9.17, 15) is 18.0 Å². The molecule has 43 heavy (non-hydrogen) atoms. The third-order valence-corrected chi connectivity index (χ3v) is 8.71. The Morgan fingerprint density at radius 2 is 1.37 bits per heavy atom. The number of nitrogens with zero attached hydrogens (tertiary/aromatic N) is 2. The van der Waals surface area contributed by atoms with Crippen LogP contribution in [0, 0.1) is 6.92 Å². The maximum atomic E-state index is 14.1. The fraction of sp³-hybridized carbons (Fsp3) is 0.235. The molecule has 0 radical (unpaired) electrons. The third-order valence-electron chi connectivity index (χ3n) is 6.92. The molecular weight excluding hydrogens is 562 g/mol. The molecule has 0 aromatic heterocycles. The molecule has 0 bridgehead atoms. The number of benzene rings is 4. The van der Waals surface area contributed by atoms with Crippen molar-refractivity contribution in [2.45, 2.75) is 44.7 Å². The summed E-state index contributed by atoms with van der Waals surface area (Å²) in [5, 5.41) is 2.82. The van der Waals surface area contributed by atoms with Gasteiger partial charge in [0, 0.05) is 13.1 Å². The van der Waals surface area contributed by atoms with Gasteiger partial charge in [0.15, 0.2) is 0 Å². The predicted octanol–water partition coefficient (Wildman–Crippen LogP) is 5.93. The summed E-state index contributed by atoms with van der Waals surface area (Å²) in [5.74, 6) is 0.372. The van der Waals surface area contributed by atoms with Crippen molar-refractivity contribution in [1.82, 2.24) is 10.2 Å². The fourth-order valence-electron chi connectivity index (χ4n) is 4.66. The second-order valence-electron chi connectivity index (χ2n) is 10.1. The second kappa shape index (κ2) is 14.5. The molecule has 2 amide bonds. The molecule has 224 valence electrons. The van der Waals surface area contributed by atoms with Gasteiger partial charge in [-0.3, -0.25) is 13.9 Å². The van der Waals surface area contributed by atoms with E-state index in [2.05, 4.69) is 5.32 Å². The number of anilines is 1. The Bertz CT molecular complexity index is 1590. The van der Waals surface area contributed by atoms with E-state index in [0.29, 0.717) is 30.2 Å². The van der Waals surface area contributed by atoms with Gasteiger partial charge in [-0.2, -0.15) is 0 Å². The summed E-state index contributed by atoms with van der Waals surface area (Å²) in [6.07, 6.45) is 0.361. The Labute approximate surface area is 254 Å². The van der Waals surface area contributed by atoms with Crippen molar-refractivity contribution in [1.29, 1.82) is 0 Å². The molecule has 8 nitrogen and oxygen atoms in total. The molecule has 0 aliphatic rings. The summed E-state index contributed by atoms with van der Waals surface area (Å²) in [6.45, 7) is 5.68. The SMILES string of the molecule is CCNC(=O)[C@H](CC)N(Cc1ccc(C)cc1)C(=O)CN(c1ccc(Oc2ccccc2)cc1)S(=O)(=O)c1ccccc1. The quantitative estimate of drug-likeness (QED) is 0.206. The van der Waals surface area contributed by atoms with Gasteiger partial charge in [-0.05, 0) is 74.4 Å². The van der Waals surface area contributed by atoms with E-state index in [-0.39, 0.29) is 17.3 Å². The van der Waals surface area contributed by atoms with E-state index >= 15 is 0 Å². The number of ether oxygens (including phenoxy) is 1. The lowest BCUT2D eigenvalue weighted by atomic mass is 10.1. The average molecular weight is 600 g/mol.